The minimum Gasteiger partial charge on any atom is -0.494 e. The molecule has 1 aromatic carbocycles. The summed E-state index contributed by atoms with van der Waals surface area (Å²) in [5.74, 6) is -0.375. The quantitative estimate of drug-likeness (QED) is 0.657. The largest absolute Gasteiger partial charge is 0.494 e. The highest BCUT2D eigenvalue weighted by Gasteiger charge is 2.08. The van der Waals surface area contributed by atoms with Crippen molar-refractivity contribution in [2.75, 3.05) is 7.11 Å². The number of rotatable bonds is 3. The van der Waals surface area contributed by atoms with Crippen LogP contribution in [0.15, 0.2) is 24.5 Å². The number of fused-ring (bicyclic) bond motifs is 1. The molecule has 6 heteroatoms. The Morgan fingerprint density at radius 3 is 2.94 bits per heavy atom. The summed E-state index contributed by atoms with van der Waals surface area (Å²) < 4.78 is 18.2. The van der Waals surface area contributed by atoms with Gasteiger partial charge < -0.3 is 9.72 Å². The fourth-order valence-electron chi connectivity index (χ4n) is 1.58. The highest BCUT2D eigenvalue weighted by Crippen LogP contribution is 2.27. The number of nitrogens with zero attached hydrogens (tertiary/aromatic N) is 1. The zero-order valence-corrected chi connectivity index (χ0v) is 8.94. The Balaban J connectivity index is 2.55. The summed E-state index contributed by atoms with van der Waals surface area (Å²) in [6, 6.07) is 2.79. The first-order chi connectivity index (χ1) is 8.11. The molecular formula is C11H9FN2O3. The van der Waals surface area contributed by atoms with Crippen molar-refractivity contribution in [3.8, 4) is 5.75 Å². The molecule has 0 aliphatic heterocycles. The molecule has 0 fully saturated rings. The Hall–Kier alpha value is -2.37. The van der Waals surface area contributed by atoms with Crippen LogP contribution in [-0.2, 0) is 0 Å². The highest BCUT2D eigenvalue weighted by atomic mass is 19.1. The number of hydrogen-bond donors (Lipinski definition) is 1. The van der Waals surface area contributed by atoms with Crippen LogP contribution in [0.4, 0.5) is 4.39 Å². The van der Waals surface area contributed by atoms with Gasteiger partial charge in [-0.1, -0.05) is 0 Å². The van der Waals surface area contributed by atoms with E-state index in [2.05, 4.69) is 4.98 Å². The lowest BCUT2D eigenvalue weighted by Crippen LogP contribution is -1.87. The second kappa shape index (κ2) is 4.25. The topological polar surface area (TPSA) is 68.2 Å². The number of halogens is 1. The summed E-state index contributed by atoms with van der Waals surface area (Å²) in [5, 5.41) is 10.9. The smallest absolute Gasteiger partial charge is 0.235 e. The normalized spacial score (nSPS) is 11.2. The maximum Gasteiger partial charge on any atom is 0.235 e. The van der Waals surface area contributed by atoms with E-state index >= 15 is 0 Å². The first-order valence-electron chi connectivity index (χ1n) is 4.78. The molecule has 1 N–H and O–H groups in total. The van der Waals surface area contributed by atoms with Gasteiger partial charge in [-0.25, -0.2) is 4.39 Å². The van der Waals surface area contributed by atoms with Gasteiger partial charge in [-0.2, -0.15) is 0 Å². The number of nitro groups is 1. The number of methoxy groups -OCH3 is 1. The molecule has 5 nitrogen and oxygen atoms in total. The molecule has 2 rings (SSSR count). The van der Waals surface area contributed by atoms with Crippen molar-refractivity contribution in [3.63, 3.8) is 0 Å². The zero-order chi connectivity index (χ0) is 12.4. The summed E-state index contributed by atoms with van der Waals surface area (Å²) in [5.41, 5.74) is 1.17. The van der Waals surface area contributed by atoms with Gasteiger partial charge in [-0.05, 0) is 6.07 Å². The van der Waals surface area contributed by atoms with Crippen molar-refractivity contribution in [2.45, 2.75) is 0 Å². The molecule has 1 heterocycles. The van der Waals surface area contributed by atoms with Crippen molar-refractivity contribution in [1.82, 2.24) is 4.98 Å². The summed E-state index contributed by atoms with van der Waals surface area (Å²) >= 11 is 0. The molecular weight excluding hydrogens is 227 g/mol. The SMILES string of the molecule is COc1cc2c(/C=C/[N+](=O)[O-])c[nH]c2cc1F. The summed E-state index contributed by atoms with van der Waals surface area (Å²) in [6.07, 6.45) is 3.75. The van der Waals surface area contributed by atoms with Crippen LogP contribution in [-0.4, -0.2) is 17.0 Å². The molecule has 2 aromatic rings. The number of H-pyrrole nitrogens is 1. The standard InChI is InChI=1S/C11H9FN2O3/c1-17-11-4-8-7(2-3-14(15)16)6-13-10(8)5-9(11)12/h2-6,13H,1H3/b3-2+. The minimum absolute atomic E-state index is 0.104. The van der Waals surface area contributed by atoms with E-state index < -0.39 is 10.7 Å². The van der Waals surface area contributed by atoms with Crippen LogP contribution in [0.5, 0.6) is 5.75 Å². The molecule has 0 spiro atoms. The third kappa shape index (κ3) is 2.10. The number of nitrogens with one attached hydrogen (secondary N) is 1. The van der Waals surface area contributed by atoms with Gasteiger partial charge in [0, 0.05) is 34.8 Å². The fourth-order valence-corrected chi connectivity index (χ4v) is 1.58. The Kier molecular flexibility index (Phi) is 2.78. The van der Waals surface area contributed by atoms with Crippen molar-refractivity contribution in [2.24, 2.45) is 0 Å². The first-order valence-corrected chi connectivity index (χ1v) is 4.78. The van der Waals surface area contributed by atoms with Gasteiger partial charge in [0.05, 0.1) is 12.0 Å². The number of aromatic amines is 1. The van der Waals surface area contributed by atoms with Crippen molar-refractivity contribution < 1.29 is 14.1 Å². The van der Waals surface area contributed by atoms with Crippen LogP contribution >= 0.6 is 0 Å². The second-order valence-corrected chi connectivity index (χ2v) is 3.38. The molecule has 0 aliphatic carbocycles. The van der Waals surface area contributed by atoms with Crippen molar-refractivity contribution >= 4 is 17.0 Å². The third-order valence-electron chi connectivity index (χ3n) is 2.36. The Labute approximate surface area is 95.7 Å². The summed E-state index contributed by atoms with van der Waals surface area (Å²) in [6.45, 7) is 0. The lowest BCUT2D eigenvalue weighted by atomic mass is 10.1. The van der Waals surface area contributed by atoms with E-state index in [1.807, 2.05) is 0 Å². The minimum atomic E-state index is -0.556. The molecule has 0 radical (unpaired) electrons. The first kappa shape index (κ1) is 11.1. The number of hydrogen-bond acceptors (Lipinski definition) is 3. The number of benzene rings is 1. The summed E-state index contributed by atoms with van der Waals surface area (Å²) in [7, 11) is 1.36. The average molecular weight is 236 g/mol. The van der Waals surface area contributed by atoms with E-state index in [4.69, 9.17) is 4.74 Å². The van der Waals surface area contributed by atoms with Gasteiger partial charge in [-0.3, -0.25) is 10.1 Å². The van der Waals surface area contributed by atoms with Crippen LogP contribution in [0.2, 0.25) is 0 Å². The second-order valence-electron chi connectivity index (χ2n) is 3.38. The third-order valence-corrected chi connectivity index (χ3v) is 2.36. The molecule has 17 heavy (non-hydrogen) atoms. The van der Waals surface area contributed by atoms with Crippen LogP contribution in [0, 0.1) is 15.9 Å². The molecule has 0 amide bonds. The number of ether oxygens (including phenoxy) is 1. The monoisotopic (exact) mass is 236 g/mol. The van der Waals surface area contributed by atoms with Crippen LogP contribution in [0.1, 0.15) is 5.56 Å². The Morgan fingerprint density at radius 1 is 1.53 bits per heavy atom. The molecule has 1 aromatic heterocycles. The zero-order valence-electron chi connectivity index (χ0n) is 8.94. The molecule has 0 saturated heterocycles. The van der Waals surface area contributed by atoms with Crippen LogP contribution < -0.4 is 4.74 Å². The fraction of sp³-hybridized carbons (Fsp3) is 0.0909. The lowest BCUT2D eigenvalue weighted by Gasteiger charge is -2.01. The summed E-state index contributed by atoms with van der Waals surface area (Å²) in [4.78, 5) is 12.5. The van der Waals surface area contributed by atoms with Gasteiger partial charge in [0.1, 0.15) is 0 Å². The van der Waals surface area contributed by atoms with Crippen LogP contribution in [0.25, 0.3) is 17.0 Å². The Bertz CT molecular complexity index is 604. The van der Waals surface area contributed by atoms with Gasteiger partial charge in [0.2, 0.25) is 6.20 Å². The lowest BCUT2D eigenvalue weighted by molar-refractivity contribution is -0.400. The van der Waals surface area contributed by atoms with E-state index in [0.29, 0.717) is 16.5 Å². The maximum atomic E-state index is 13.4. The Morgan fingerprint density at radius 2 is 2.29 bits per heavy atom. The van der Waals surface area contributed by atoms with Crippen LogP contribution in [0.3, 0.4) is 0 Å². The molecule has 0 bridgehead atoms. The van der Waals surface area contributed by atoms with E-state index in [-0.39, 0.29) is 5.75 Å². The predicted molar refractivity (Wildman–Crippen MR) is 60.8 cm³/mol. The molecule has 0 atom stereocenters. The predicted octanol–water partition coefficient (Wildman–Crippen LogP) is 2.56. The molecule has 88 valence electrons. The maximum absolute atomic E-state index is 13.4. The van der Waals surface area contributed by atoms with Gasteiger partial charge in [0.25, 0.3) is 0 Å². The van der Waals surface area contributed by atoms with Gasteiger partial charge in [0.15, 0.2) is 11.6 Å². The van der Waals surface area contributed by atoms with Crippen molar-refractivity contribution in [3.05, 3.63) is 46.0 Å². The molecule has 0 unspecified atom stereocenters. The highest BCUT2D eigenvalue weighted by molar-refractivity contribution is 5.89. The van der Waals surface area contributed by atoms with E-state index in [9.17, 15) is 14.5 Å². The van der Waals surface area contributed by atoms with E-state index in [0.717, 1.165) is 6.20 Å². The number of aromatic nitrogens is 1. The van der Waals surface area contributed by atoms with Crippen molar-refractivity contribution in [1.29, 1.82) is 0 Å². The molecule has 0 saturated carbocycles. The average Bonchev–Trinajstić information content (AvgIpc) is 2.67. The van der Waals surface area contributed by atoms with E-state index in [1.54, 1.807) is 6.20 Å². The van der Waals surface area contributed by atoms with E-state index in [1.165, 1.54) is 25.3 Å². The van der Waals surface area contributed by atoms with Gasteiger partial charge >= 0.3 is 0 Å². The van der Waals surface area contributed by atoms with Gasteiger partial charge in [-0.15, -0.1) is 0 Å². The molecule has 0 aliphatic rings.